The van der Waals surface area contributed by atoms with Crippen molar-refractivity contribution in [1.82, 2.24) is 15.8 Å². The number of aryl methyl sites for hydroxylation is 1. The Balaban J connectivity index is 1.71. The molecule has 2 N–H and O–H groups in total. The van der Waals surface area contributed by atoms with Gasteiger partial charge in [0.25, 0.3) is 5.91 Å². The van der Waals surface area contributed by atoms with Gasteiger partial charge in [0.2, 0.25) is 5.91 Å². The molecule has 2 aromatic rings. The van der Waals surface area contributed by atoms with Crippen molar-refractivity contribution in [2.24, 2.45) is 0 Å². The van der Waals surface area contributed by atoms with E-state index < -0.39 is 12.0 Å². The molecule has 126 valence electrons. The Kier molecular flexibility index (Phi) is 6.24. The molecule has 6 nitrogen and oxygen atoms in total. The summed E-state index contributed by atoms with van der Waals surface area (Å²) in [5.41, 5.74) is 5.56. The molecule has 0 saturated heterocycles. The Morgan fingerprint density at radius 1 is 1.21 bits per heavy atom. The zero-order valence-electron chi connectivity index (χ0n) is 13.2. The number of amides is 2. The fraction of sp³-hybridized carbons (Fsp3) is 0.235. The molecule has 0 radical (unpaired) electrons. The fourth-order valence-corrected chi connectivity index (χ4v) is 1.87. The number of hydrogen-bond acceptors (Lipinski definition) is 4. The average Bonchev–Trinajstić information content (AvgIpc) is 2.60. The molecule has 0 aliphatic carbocycles. The third-order valence-corrected chi connectivity index (χ3v) is 3.18. The Hall–Kier alpha value is -2.96. The van der Waals surface area contributed by atoms with E-state index in [0.29, 0.717) is 12.2 Å². The number of hydrogen-bond donors (Lipinski definition) is 2. The maximum Gasteiger partial charge on any atom is 0.279 e. The number of ether oxygens (including phenoxy) is 1. The summed E-state index contributed by atoms with van der Waals surface area (Å²) < 4.78 is 18.2. The van der Waals surface area contributed by atoms with E-state index in [1.165, 1.54) is 31.2 Å². The minimum absolute atomic E-state index is 0.221. The lowest BCUT2D eigenvalue weighted by molar-refractivity contribution is -0.132. The molecule has 2 rings (SSSR count). The molecule has 1 heterocycles. The van der Waals surface area contributed by atoms with Gasteiger partial charge >= 0.3 is 0 Å². The second-order valence-corrected chi connectivity index (χ2v) is 5.11. The second-order valence-electron chi connectivity index (χ2n) is 5.11. The van der Waals surface area contributed by atoms with Crippen molar-refractivity contribution in [3.05, 3.63) is 60.2 Å². The van der Waals surface area contributed by atoms with Gasteiger partial charge in [0, 0.05) is 18.8 Å². The Bertz CT molecular complexity index is 677. The first-order chi connectivity index (χ1) is 11.5. The minimum Gasteiger partial charge on any atom is -0.481 e. The van der Waals surface area contributed by atoms with Gasteiger partial charge in [-0.15, -0.1) is 0 Å². The van der Waals surface area contributed by atoms with E-state index in [0.717, 1.165) is 5.56 Å². The molecule has 1 atom stereocenters. The maximum absolute atomic E-state index is 12.8. The molecule has 0 unspecified atom stereocenters. The standard InChI is InChI=1S/C17H18FN3O3/c1-12(24-15-7-5-14(18)6-8-15)17(23)21-20-16(22)9-4-13-3-2-10-19-11-13/h2-3,5-8,10-12H,4,9H2,1H3,(H,20,22)(H,21,23)/t12-/m1/s1. The van der Waals surface area contributed by atoms with E-state index in [1.807, 2.05) is 6.07 Å². The summed E-state index contributed by atoms with van der Waals surface area (Å²) in [6.45, 7) is 1.53. The quantitative estimate of drug-likeness (QED) is 0.791. The van der Waals surface area contributed by atoms with Crippen molar-refractivity contribution < 1.29 is 18.7 Å². The zero-order valence-corrected chi connectivity index (χ0v) is 13.2. The summed E-state index contributed by atoms with van der Waals surface area (Å²) in [6, 6.07) is 8.98. The van der Waals surface area contributed by atoms with Crippen molar-refractivity contribution >= 4 is 11.8 Å². The van der Waals surface area contributed by atoms with Crippen molar-refractivity contribution in [3.8, 4) is 5.75 Å². The van der Waals surface area contributed by atoms with Crippen LogP contribution >= 0.6 is 0 Å². The van der Waals surface area contributed by atoms with Gasteiger partial charge in [-0.1, -0.05) is 6.07 Å². The highest BCUT2D eigenvalue weighted by atomic mass is 19.1. The Labute approximate surface area is 139 Å². The Morgan fingerprint density at radius 3 is 2.62 bits per heavy atom. The summed E-state index contributed by atoms with van der Waals surface area (Å²) in [6.07, 6.45) is 3.25. The van der Waals surface area contributed by atoms with Gasteiger partial charge in [-0.25, -0.2) is 4.39 Å². The van der Waals surface area contributed by atoms with Crippen LogP contribution < -0.4 is 15.6 Å². The number of carbonyl (C=O) groups excluding carboxylic acids is 2. The van der Waals surface area contributed by atoms with Crippen LogP contribution in [0.2, 0.25) is 0 Å². The van der Waals surface area contributed by atoms with Gasteiger partial charge in [0.1, 0.15) is 11.6 Å². The third-order valence-electron chi connectivity index (χ3n) is 3.18. The van der Waals surface area contributed by atoms with Gasteiger partial charge < -0.3 is 4.74 Å². The van der Waals surface area contributed by atoms with E-state index in [-0.39, 0.29) is 18.1 Å². The number of halogens is 1. The number of aromatic nitrogens is 1. The predicted molar refractivity (Wildman–Crippen MR) is 85.3 cm³/mol. The number of carbonyl (C=O) groups is 2. The highest BCUT2D eigenvalue weighted by Crippen LogP contribution is 2.12. The lowest BCUT2D eigenvalue weighted by Gasteiger charge is -2.15. The predicted octanol–water partition coefficient (Wildman–Crippen LogP) is 1.77. The molecule has 0 bridgehead atoms. The monoisotopic (exact) mass is 331 g/mol. The van der Waals surface area contributed by atoms with E-state index >= 15 is 0 Å². The minimum atomic E-state index is -0.839. The van der Waals surface area contributed by atoms with Crippen LogP contribution in [0.3, 0.4) is 0 Å². The van der Waals surface area contributed by atoms with E-state index in [4.69, 9.17) is 4.74 Å². The van der Waals surface area contributed by atoms with E-state index in [2.05, 4.69) is 15.8 Å². The van der Waals surface area contributed by atoms with E-state index in [9.17, 15) is 14.0 Å². The van der Waals surface area contributed by atoms with Crippen molar-refractivity contribution in [2.75, 3.05) is 0 Å². The number of rotatable bonds is 6. The molecular formula is C17H18FN3O3. The van der Waals surface area contributed by atoms with Gasteiger partial charge in [0.05, 0.1) is 0 Å². The van der Waals surface area contributed by atoms with Crippen LogP contribution in [0.15, 0.2) is 48.8 Å². The molecule has 0 fully saturated rings. The molecule has 0 aliphatic rings. The first-order valence-electron chi connectivity index (χ1n) is 7.44. The van der Waals surface area contributed by atoms with Crippen LogP contribution in [0.1, 0.15) is 18.9 Å². The second kappa shape index (κ2) is 8.61. The molecule has 0 saturated carbocycles. The van der Waals surface area contributed by atoms with Crippen LogP contribution in [0.25, 0.3) is 0 Å². The summed E-state index contributed by atoms with van der Waals surface area (Å²) in [5.74, 6) is -0.850. The summed E-state index contributed by atoms with van der Waals surface area (Å²) >= 11 is 0. The zero-order chi connectivity index (χ0) is 17.4. The van der Waals surface area contributed by atoms with Gasteiger partial charge in [-0.05, 0) is 49.2 Å². The number of nitrogens with one attached hydrogen (secondary N) is 2. The molecular weight excluding hydrogens is 313 g/mol. The average molecular weight is 331 g/mol. The van der Waals surface area contributed by atoms with Crippen LogP contribution in [0.5, 0.6) is 5.75 Å². The lowest BCUT2D eigenvalue weighted by Crippen LogP contribution is -2.47. The number of benzene rings is 1. The number of nitrogens with zero attached hydrogens (tertiary/aromatic N) is 1. The first-order valence-corrected chi connectivity index (χ1v) is 7.44. The molecule has 0 spiro atoms. The lowest BCUT2D eigenvalue weighted by atomic mass is 10.1. The molecule has 1 aromatic carbocycles. The fourth-order valence-electron chi connectivity index (χ4n) is 1.87. The largest absolute Gasteiger partial charge is 0.481 e. The van der Waals surface area contributed by atoms with Gasteiger partial charge in [0.15, 0.2) is 6.10 Å². The van der Waals surface area contributed by atoms with Crippen molar-refractivity contribution in [1.29, 1.82) is 0 Å². The molecule has 24 heavy (non-hydrogen) atoms. The number of pyridine rings is 1. The van der Waals surface area contributed by atoms with Crippen LogP contribution in [0.4, 0.5) is 4.39 Å². The van der Waals surface area contributed by atoms with Gasteiger partial charge in [-0.2, -0.15) is 0 Å². The third kappa shape index (κ3) is 5.68. The molecule has 7 heteroatoms. The highest BCUT2D eigenvalue weighted by Gasteiger charge is 2.15. The van der Waals surface area contributed by atoms with E-state index in [1.54, 1.807) is 18.5 Å². The number of hydrazine groups is 1. The SMILES string of the molecule is C[C@@H](Oc1ccc(F)cc1)C(=O)NNC(=O)CCc1cccnc1. The first kappa shape index (κ1) is 17.4. The summed E-state index contributed by atoms with van der Waals surface area (Å²) in [4.78, 5) is 27.5. The Morgan fingerprint density at radius 2 is 1.96 bits per heavy atom. The summed E-state index contributed by atoms with van der Waals surface area (Å²) in [5, 5.41) is 0. The smallest absolute Gasteiger partial charge is 0.279 e. The van der Waals surface area contributed by atoms with Crippen LogP contribution in [-0.2, 0) is 16.0 Å². The topological polar surface area (TPSA) is 80.3 Å². The van der Waals surface area contributed by atoms with Crippen molar-refractivity contribution in [2.45, 2.75) is 25.9 Å². The molecule has 2 amide bonds. The maximum atomic E-state index is 12.8. The van der Waals surface area contributed by atoms with Gasteiger partial charge in [-0.3, -0.25) is 25.4 Å². The van der Waals surface area contributed by atoms with Crippen LogP contribution in [0, 0.1) is 5.82 Å². The van der Waals surface area contributed by atoms with Crippen LogP contribution in [-0.4, -0.2) is 22.9 Å². The molecule has 1 aromatic heterocycles. The molecule has 0 aliphatic heterocycles. The summed E-state index contributed by atoms with van der Waals surface area (Å²) in [7, 11) is 0. The normalized spacial score (nSPS) is 11.4. The van der Waals surface area contributed by atoms with Crippen molar-refractivity contribution in [3.63, 3.8) is 0 Å². The highest BCUT2D eigenvalue weighted by molar-refractivity contribution is 5.84.